The Bertz CT molecular complexity index is 333. The van der Waals surface area contributed by atoms with Gasteiger partial charge in [0.05, 0.1) is 0 Å². The van der Waals surface area contributed by atoms with Gasteiger partial charge in [-0.1, -0.05) is 18.2 Å². The molecule has 1 saturated carbocycles. The van der Waals surface area contributed by atoms with Crippen molar-refractivity contribution in [2.75, 3.05) is 25.0 Å². The third-order valence-corrected chi connectivity index (χ3v) is 4.14. The molecular weight excluding hydrogens is 196 g/mol. The van der Waals surface area contributed by atoms with Crippen molar-refractivity contribution in [2.45, 2.75) is 19.3 Å². The van der Waals surface area contributed by atoms with E-state index in [9.17, 15) is 0 Å². The zero-order valence-corrected chi connectivity index (χ0v) is 9.71. The van der Waals surface area contributed by atoms with Gasteiger partial charge in [0.15, 0.2) is 0 Å². The highest BCUT2D eigenvalue weighted by atomic mass is 14.9. The van der Waals surface area contributed by atoms with Crippen LogP contribution in [0.4, 0.5) is 5.69 Å². The van der Waals surface area contributed by atoms with Crippen molar-refractivity contribution in [3.05, 3.63) is 30.3 Å². The third kappa shape index (κ3) is 1.94. The lowest BCUT2D eigenvalue weighted by Crippen LogP contribution is -2.41. The van der Waals surface area contributed by atoms with E-state index in [1.54, 1.807) is 0 Å². The highest BCUT2D eigenvalue weighted by Gasteiger charge is 2.45. The third-order valence-electron chi connectivity index (χ3n) is 4.14. The Labute approximate surface area is 97.4 Å². The van der Waals surface area contributed by atoms with E-state index < -0.39 is 0 Å². The van der Waals surface area contributed by atoms with Gasteiger partial charge in [-0.25, -0.2) is 0 Å². The van der Waals surface area contributed by atoms with Crippen LogP contribution in [0.1, 0.15) is 19.3 Å². The summed E-state index contributed by atoms with van der Waals surface area (Å²) in [6.07, 6.45) is 4.23. The second kappa shape index (κ2) is 4.10. The van der Waals surface area contributed by atoms with E-state index in [4.69, 9.17) is 0 Å². The molecule has 1 spiro atoms. The Balaban J connectivity index is 1.45. The van der Waals surface area contributed by atoms with Crippen LogP contribution in [-0.4, -0.2) is 19.6 Å². The first kappa shape index (κ1) is 10.2. The van der Waals surface area contributed by atoms with Gasteiger partial charge >= 0.3 is 0 Å². The van der Waals surface area contributed by atoms with Gasteiger partial charge < -0.3 is 10.6 Å². The van der Waals surface area contributed by atoms with Crippen LogP contribution in [0.25, 0.3) is 0 Å². The topological polar surface area (TPSA) is 24.1 Å². The molecule has 2 N–H and O–H groups in total. The van der Waals surface area contributed by atoms with E-state index in [0.717, 1.165) is 12.5 Å². The SMILES string of the molecule is c1ccc(NCC2CC3(CCNC3)C2)cc1. The van der Waals surface area contributed by atoms with Crippen molar-refractivity contribution < 1.29 is 0 Å². The maximum atomic E-state index is 3.53. The lowest BCUT2D eigenvalue weighted by Gasteiger charge is -2.45. The van der Waals surface area contributed by atoms with Crippen LogP contribution in [0.5, 0.6) is 0 Å². The van der Waals surface area contributed by atoms with Gasteiger partial charge in [-0.05, 0) is 49.3 Å². The molecule has 1 aromatic rings. The summed E-state index contributed by atoms with van der Waals surface area (Å²) in [5, 5.41) is 7.02. The lowest BCUT2D eigenvalue weighted by molar-refractivity contribution is 0.0854. The maximum Gasteiger partial charge on any atom is 0.0340 e. The molecule has 0 radical (unpaired) electrons. The van der Waals surface area contributed by atoms with E-state index >= 15 is 0 Å². The summed E-state index contributed by atoms with van der Waals surface area (Å²) in [4.78, 5) is 0. The lowest BCUT2D eigenvalue weighted by atomic mass is 9.61. The maximum absolute atomic E-state index is 3.53. The molecule has 2 nitrogen and oxygen atoms in total. The van der Waals surface area contributed by atoms with Crippen molar-refractivity contribution in [3.8, 4) is 0 Å². The van der Waals surface area contributed by atoms with E-state index in [0.29, 0.717) is 5.41 Å². The first-order valence-electron chi connectivity index (χ1n) is 6.36. The Morgan fingerprint density at radius 3 is 2.75 bits per heavy atom. The molecule has 0 amide bonds. The van der Waals surface area contributed by atoms with E-state index in [1.165, 1.54) is 38.0 Å². The molecule has 2 heteroatoms. The normalized spacial score (nSPS) is 32.6. The Morgan fingerprint density at radius 2 is 2.06 bits per heavy atom. The molecule has 1 aliphatic heterocycles. The zero-order chi connectivity index (χ0) is 10.8. The summed E-state index contributed by atoms with van der Waals surface area (Å²) >= 11 is 0. The Hall–Kier alpha value is -1.02. The fourth-order valence-electron chi connectivity index (χ4n) is 3.27. The number of nitrogens with one attached hydrogen (secondary N) is 2. The van der Waals surface area contributed by atoms with Crippen LogP contribution in [0.2, 0.25) is 0 Å². The standard InChI is InChI=1S/C14H20N2/c1-2-4-13(5-3-1)16-10-12-8-14(9-12)6-7-15-11-14/h1-5,12,15-16H,6-11H2. The summed E-state index contributed by atoms with van der Waals surface area (Å²) in [5.74, 6) is 0.889. The quantitative estimate of drug-likeness (QED) is 0.811. The molecule has 0 atom stereocenters. The van der Waals surface area contributed by atoms with Crippen molar-refractivity contribution in [1.82, 2.24) is 5.32 Å². The highest BCUT2D eigenvalue weighted by molar-refractivity contribution is 5.42. The smallest absolute Gasteiger partial charge is 0.0340 e. The highest BCUT2D eigenvalue weighted by Crippen LogP contribution is 2.49. The van der Waals surface area contributed by atoms with Gasteiger partial charge in [0.1, 0.15) is 0 Å². The zero-order valence-electron chi connectivity index (χ0n) is 9.71. The Kier molecular flexibility index (Phi) is 2.60. The number of rotatable bonds is 3. The molecule has 0 bridgehead atoms. The molecule has 1 heterocycles. The molecule has 3 rings (SSSR count). The van der Waals surface area contributed by atoms with Crippen molar-refractivity contribution >= 4 is 5.69 Å². The summed E-state index contributed by atoms with van der Waals surface area (Å²) < 4.78 is 0. The predicted molar refractivity (Wildman–Crippen MR) is 67.6 cm³/mol. The second-order valence-electron chi connectivity index (χ2n) is 5.45. The molecule has 1 aromatic carbocycles. The van der Waals surface area contributed by atoms with E-state index in [1.807, 2.05) is 0 Å². The van der Waals surface area contributed by atoms with Gasteiger partial charge in [0, 0.05) is 18.8 Å². The van der Waals surface area contributed by atoms with Crippen LogP contribution >= 0.6 is 0 Å². The summed E-state index contributed by atoms with van der Waals surface area (Å²) in [5.41, 5.74) is 1.94. The molecule has 86 valence electrons. The van der Waals surface area contributed by atoms with Crippen LogP contribution in [0.15, 0.2) is 30.3 Å². The number of para-hydroxylation sites is 1. The molecule has 0 aromatic heterocycles. The number of anilines is 1. The molecular formula is C14H20N2. The Morgan fingerprint density at radius 1 is 1.25 bits per heavy atom. The minimum Gasteiger partial charge on any atom is -0.385 e. The first-order chi connectivity index (χ1) is 7.86. The fourth-order valence-corrected chi connectivity index (χ4v) is 3.27. The minimum absolute atomic E-state index is 0.684. The minimum atomic E-state index is 0.684. The van der Waals surface area contributed by atoms with Gasteiger partial charge in [-0.2, -0.15) is 0 Å². The molecule has 0 unspecified atom stereocenters. The number of benzene rings is 1. The monoisotopic (exact) mass is 216 g/mol. The molecule has 2 fully saturated rings. The largest absolute Gasteiger partial charge is 0.385 e. The van der Waals surface area contributed by atoms with Crippen LogP contribution in [-0.2, 0) is 0 Å². The molecule has 1 aliphatic carbocycles. The molecule has 16 heavy (non-hydrogen) atoms. The predicted octanol–water partition coefficient (Wildman–Crippen LogP) is 2.49. The van der Waals surface area contributed by atoms with Crippen LogP contribution in [0, 0.1) is 11.3 Å². The number of hydrogen-bond donors (Lipinski definition) is 2. The van der Waals surface area contributed by atoms with Crippen molar-refractivity contribution in [3.63, 3.8) is 0 Å². The fraction of sp³-hybridized carbons (Fsp3) is 0.571. The van der Waals surface area contributed by atoms with Crippen LogP contribution in [0.3, 0.4) is 0 Å². The van der Waals surface area contributed by atoms with Gasteiger partial charge in [-0.3, -0.25) is 0 Å². The summed E-state index contributed by atoms with van der Waals surface area (Å²) in [6, 6.07) is 10.5. The van der Waals surface area contributed by atoms with Gasteiger partial charge in [0.2, 0.25) is 0 Å². The summed E-state index contributed by atoms with van der Waals surface area (Å²) in [7, 11) is 0. The molecule has 1 saturated heterocycles. The van der Waals surface area contributed by atoms with Crippen molar-refractivity contribution in [1.29, 1.82) is 0 Å². The average Bonchev–Trinajstić information content (AvgIpc) is 2.75. The van der Waals surface area contributed by atoms with Crippen LogP contribution < -0.4 is 10.6 Å². The van der Waals surface area contributed by atoms with E-state index in [-0.39, 0.29) is 0 Å². The van der Waals surface area contributed by atoms with Crippen molar-refractivity contribution in [2.24, 2.45) is 11.3 Å². The molecule has 2 aliphatic rings. The second-order valence-corrected chi connectivity index (χ2v) is 5.45. The van der Waals surface area contributed by atoms with Gasteiger partial charge in [0.25, 0.3) is 0 Å². The van der Waals surface area contributed by atoms with E-state index in [2.05, 4.69) is 41.0 Å². The average molecular weight is 216 g/mol. The summed E-state index contributed by atoms with van der Waals surface area (Å²) in [6.45, 7) is 3.64. The first-order valence-corrected chi connectivity index (χ1v) is 6.36. The van der Waals surface area contributed by atoms with Gasteiger partial charge in [-0.15, -0.1) is 0 Å². The number of hydrogen-bond acceptors (Lipinski definition) is 2.